The number of amides is 1. The molecule has 5 nitrogen and oxygen atoms in total. The highest BCUT2D eigenvalue weighted by Gasteiger charge is 2.47. The van der Waals surface area contributed by atoms with Crippen molar-refractivity contribution in [2.45, 2.75) is 33.1 Å². The predicted molar refractivity (Wildman–Crippen MR) is 71.7 cm³/mol. The zero-order chi connectivity index (χ0) is 14.0. The summed E-state index contributed by atoms with van der Waals surface area (Å²) in [4.78, 5) is 25.7. The molecule has 0 aromatic heterocycles. The summed E-state index contributed by atoms with van der Waals surface area (Å²) >= 11 is 0. The largest absolute Gasteiger partial charge is 0.481 e. The maximum Gasteiger partial charge on any atom is 0.308 e. The molecular formula is C14H24N2O3. The summed E-state index contributed by atoms with van der Waals surface area (Å²) in [6.45, 7) is 6.85. The molecule has 0 aromatic carbocycles. The second kappa shape index (κ2) is 5.49. The molecule has 0 radical (unpaired) electrons. The minimum atomic E-state index is -0.777. The smallest absolute Gasteiger partial charge is 0.308 e. The standard InChI is InChI=1S/C14H24N2O3/c1-10(2)14(5-6-15-9-14)13(19)16-7-3-4-11(8-16)12(17)18/h10-11,15H,3-9H2,1-2H3,(H,17,18). The van der Waals surface area contributed by atoms with Crippen LogP contribution < -0.4 is 5.32 Å². The van der Waals surface area contributed by atoms with Gasteiger partial charge in [-0.15, -0.1) is 0 Å². The van der Waals surface area contributed by atoms with Crippen LogP contribution >= 0.6 is 0 Å². The van der Waals surface area contributed by atoms with E-state index in [2.05, 4.69) is 19.2 Å². The lowest BCUT2D eigenvalue weighted by Crippen LogP contribution is -2.52. The van der Waals surface area contributed by atoms with Crippen LogP contribution in [0.4, 0.5) is 0 Å². The van der Waals surface area contributed by atoms with E-state index in [-0.39, 0.29) is 17.2 Å². The number of nitrogens with zero attached hydrogens (tertiary/aromatic N) is 1. The van der Waals surface area contributed by atoms with Gasteiger partial charge in [0.25, 0.3) is 0 Å². The molecule has 2 aliphatic heterocycles. The summed E-state index contributed by atoms with van der Waals surface area (Å²) in [5.74, 6) is -0.740. The van der Waals surface area contributed by atoms with Crippen molar-refractivity contribution in [3.8, 4) is 0 Å². The molecule has 5 heteroatoms. The molecule has 1 amide bonds. The van der Waals surface area contributed by atoms with Crippen LogP contribution in [0.3, 0.4) is 0 Å². The molecule has 2 N–H and O–H groups in total. The van der Waals surface area contributed by atoms with Gasteiger partial charge in [0.15, 0.2) is 0 Å². The van der Waals surface area contributed by atoms with Crippen LogP contribution in [0.2, 0.25) is 0 Å². The maximum atomic E-state index is 12.8. The third-order valence-electron chi connectivity index (χ3n) is 4.78. The van der Waals surface area contributed by atoms with Gasteiger partial charge in [0, 0.05) is 19.6 Å². The van der Waals surface area contributed by atoms with Crippen LogP contribution in [0.1, 0.15) is 33.1 Å². The number of hydrogen-bond acceptors (Lipinski definition) is 3. The van der Waals surface area contributed by atoms with Crippen molar-refractivity contribution in [3.05, 3.63) is 0 Å². The molecule has 2 fully saturated rings. The minimum Gasteiger partial charge on any atom is -0.481 e. The lowest BCUT2D eigenvalue weighted by Gasteiger charge is -2.39. The van der Waals surface area contributed by atoms with Gasteiger partial charge in [-0.3, -0.25) is 9.59 Å². The highest BCUT2D eigenvalue weighted by atomic mass is 16.4. The third-order valence-corrected chi connectivity index (χ3v) is 4.78. The summed E-state index contributed by atoms with van der Waals surface area (Å²) in [5.41, 5.74) is -0.333. The van der Waals surface area contributed by atoms with E-state index >= 15 is 0 Å². The van der Waals surface area contributed by atoms with Gasteiger partial charge in [0.2, 0.25) is 5.91 Å². The first kappa shape index (κ1) is 14.3. The summed E-state index contributed by atoms with van der Waals surface area (Å²) < 4.78 is 0. The molecular weight excluding hydrogens is 244 g/mol. The van der Waals surface area contributed by atoms with Crippen LogP contribution in [0.15, 0.2) is 0 Å². The van der Waals surface area contributed by atoms with Crippen LogP contribution in [0.25, 0.3) is 0 Å². The number of likely N-dealkylation sites (tertiary alicyclic amines) is 1. The first-order chi connectivity index (χ1) is 8.97. The van der Waals surface area contributed by atoms with Crippen LogP contribution in [-0.2, 0) is 9.59 Å². The number of carbonyl (C=O) groups is 2. The van der Waals surface area contributed by atoms with Crippen molar-refractivity contribution in [2.24, 2.45) is 17.3 Å². The van der Waals surface area contributed by atoms with Crippen molar-refractivity contribution in [3.63, 3.8) is 0 Å². The van der Waals surface area contributed by atoms with Crippen molar-refractivity contribution in [1.82, 2.24) is 10.2 Å². The Morgan fingerprint density at radius 1 is 1.42 bits per heavy atom. The van der Waals surface area contributed by atoms with Gasteiger partial charge in [-0.05, 0) is 31.7 Å². The highest BCUT2D eigenvalue weighted by molar-refractivity contribution is 5.84. The zero-order valence-corrected chi connectivity index (χ0v) is 11.8. The molecule has 0 aromatic rings. The monoisotopic (exact) mass is 268 g/mol. The molecule has 0 bridgehead atoms. The van der Waals surface area contributed by atoms with E-state index < -0.39 is 11.9 Å². The van der Waals surface area contributed by atoms with Crippen molar-refractivity contribution in [2.75, 3.05) is 26.2 Å². The number of piperidine rings is 1. The quantitative estimate of drug-likeness (QED) is 0.799. The normalized spacial score (nSPS) is 31.7. The number of carboxylic acids is 1. The Labute approximate surface area is 114 Å². The van der Waals surface area contributed by atoms with Crippen LogP contribution in [-0.4, -0.2) is 48.1 Å². The Hall–Kier alpha value is -1.10. The predicted octanol–water partition coefficient (Wildman–Crippen LogP) is 0.945. The van der Waals surface area contributed by atoms with Gasteiger partial charge in [0.05, 0.1) is 11.3 Å². The lowest BCUT2D eigenvalue weighted by atomic mass is 9.74. The highest BCUT2D eigenvalue weighted by Crippen LogP contribution is 2.37. The van der Waals surface area contributed by atoms with Crippen LogP contribution in [0.5, 0.6) is 0 Å². The maximum absolute atomic E-state index is 12.8. The lowest BCUT2D eigenvalue weighted by molar-refractivity contribution is -0.150. The first-order valence-electron chi connectivity index (χ1n) is 7.20. The van der Waals surface area contributed by atoms with Crippen molar-refractivity contribution >= 4 is 11.9 Å². The number of hydrogen-bond donors (Lipinski definition) is 2. The molecule has 0 aliphatic carbocycles. The van der Waals surface area contributed by atoms with Gasteiger partial charge in [-0.25, -0.2) is 0 Å². The molecule has 2 rings (SSSR count). The van der Waals surface area contributed by atoms with Gasteiger partial charge in [0.1, 0.15) is 0 Å². The molecule has 108 valence electrons. The molecule has 2 atom stereocenters. The van der Waals surface area contributed by atoms with Crippen molar-refractivity contribution < 1.29 is 14.7 Å². The van der Waals surface area contributed by atoms with E-state index in [1.807, 2.05) is 0 Å². The average molecular weight is 268 g/mol. The molecule has 2 unspecified atom stereocenters. The second-order valence-corrected chi connectivity index (χ2v) is 6.17. The minimum absolute atomic E-state index is 0.151. The first-order valence-corrected chi connectivity index (χ1v) is 7.20. The van der Waals surface area contributed by atoms with Gasteiger partial charge < -0.3 is 15.3 Å². The molecule has 2 saturated heterocycles. The van der Waals surface area contributed by atoms with Crippen LogP contribution in [0, 0.1) is 17.3 Å². The van der Waals surface area contributed by atoms with E-state index in [0.717, 1.165) is 25.9 Å². The number of carbonyl (C=O) groups excluding carboxylic acids is 1. The number of rotatable bonds is 3. The Kier molecular flexibility index (Phi) is 4.13. The summed E-state index contributed by atoms with van der Waals surface area (Å²) in [5, 5.41) is 12.4. The number of carboxylic acid groups (broad SMARTS) is 1. The fourth-order valence-corrected chi connectivity index (χ4v) is 3.31. The Morgan fingerprint density at radius 2 is 2.16 bits per heavy atom. The van der Waals surface area contributed by atoms with E-state index in [1.54, 1.807) is 4.90 Å². The molecule has 19 heavy (non-hydrogen) atoms. The number of aliphatic carboxylic acids is 1. The zero-order valence-electron chi connectivity index (χ0n) is 11.8. The Balaban J connectivity index is 2.11. The van der Waals surface area contributed by atoms with Gasteiger partial charge >= 0.3 is 5.97 Å². The summed E-state index contributed by atoms with van der Waals surface area (Å²) in [6.07, 6.45) is 2.34. The fourth-order valence-electron chi connectivity index (χ4n) is 3.31. The summed E-state index contributed by atoms with van der Waals surface area (Å²) in [6, 6.07) is 0. The second-order valence-electron chi connectivity index (χ2n) is 6.17. The summed E-state index contributed by atoms with van der Waals surface area (Å²) in [7, 11) is 0. The van der Waals surface area contributed by atoms with Crippen molar-refractivity contribution in [1.29, 1.82) is 0 Å². The SMILES string of the molecule is CC(C)C1(C(=O)N2CCCC(C(=O)O)C2)CCNC1. The molecule has 0 saturated carbocycles. The van der Waals surface area contributed by atoms with E-state index in [0.29, 0.717) is 19.5 Å². The molecule has 2 heterocycles. The van der Waals surface area contributed by atoms with E-state index in [9.17, 15) is 9.59 Å². The Bertz CT molecular complexity index is 362. The van der Waals surface area contributed by atoms with E-state index in [1.165, 1.54) is 0 Å². The van der Waals surface area contributed by atoms with Gasteiger partial charge in [-0.2, -0.15) is 0 Å². The van der Waals surface area contributed by atoms with E-state index in [4.69, 9.17) is 5.11 Å². The topological polar surface area (TPSA) is 69.6 Å². The average Bonchev–Trinajstić information content (AvgIpc) is 2.88. The Morgan fingerprint density at radius 3 is 2.68 bits per heavy atom. The fraction of sp³-hybridized carbons (Fsp3) is 0.857. The van der Waals surface area contributed by atoms with Gasteiger partial charge in [-0.1, -0.05) is 13.8 Å². The molecule has 0 spiro atoms. The molecule has 2 aliphatic rings. The number of nitrogens with one attached hydrogen (secondary N) is 1. The third kappa shape index (κ3) is 2.61.